The fourth-order valence-corrected chi connectivity index (χ4v) is 5.03. The molecule has 0 saturated carbocycles. The molecule has 0 aliphatic heterocycles. The van der Waals surface area contributed by atoms with E-state index in [1.807, 2.05) is 24.5 Å². The highest BCUT2D eigenvalue weighted by molar-refractivity contribution is 5.48. The normalized spacial score (nSPS) is 27.3. The third-order valence-electron chi connectivity index (χ3n) is 6.09. The van der Waals surface area contributed by atoms with Gasteiger partial charge >= 0.3 is 0 Å². The first kappa shape index (κ1) is 14.8. The molecule has 2 aliphatic rings. The fraction of sp³-hybridized carbons (Fsp3) is 0.350. The van der Waals surface area contributed by atoms with Crippen LogP contribution in [0.1, 0.15) is 47.4 Å². The molecule has 0 N–H and O–H groups in total. The van der Waals surface area contributed by atoms with Gasteiger partial charge < -0.3 is 4.52 Å². The lowest BCUT2D eigenvalue weighted by atomic mass is 9.53. The van der Waals surface area contributed by atoms with Gasteiger partial charge in [-0.15, -0.1) is 0 Å². The van der Waals surface area contributed by atoms with Gasteiger partial charge in [-0.3, -0.25) is 0 Å². The van der Waals surface area contributed by atoms with E-state index in [4.69, 9.17) is 9.51 Å². The zero-order chi connectivity index (χ0) is 17.0. The first-order valence-electron chi connectivity index (χ1n) is 8.69. The highest BCUT2D eigenvalue weighted by Gasteiger charge is 2.53. The Morgan fingerprint density at radius 2 is 2.00 bits per heavy atom. The number of nitrogens with zero attached hydrogens (tertiary/aromatic N) is 3. The van der Waals surface area contributed by atoms with Crippen molar-refractivity contribution in [2.24, 2.45) is 5.92 Å². The molecule has 5 rings (SSSR count). The predicted octanol–water partition coefficient (Wildman–Crippen LogP) is 3.81. The van der Waals surface area contributed by atoms with E-state index in [1.54, 1.807) is 18.5 Å². The molecule has 0 saturated heterocycles. The third-order valence-corrected chi connectivity index (χ3v) is 6.09. The minimum Gasteiger partial charge on any atom is -0.361 e. The van der Waals surface area contributed by atoms with Crippen LogP contribution in [0.25, 0.3) is 0 Å². The van der Waals surface area contributed by atoms with Gasteiger partial charge in [0.2, 0.25) is 0 Å². The molecule has 0 unspecified atom stereocenters. The standard InChI is InChI=1S/C20H18FN3O/c1-12-17-7-2-13-9-22-11-23-19(13)20(17,8-14-10-24-25-18(12)14)15-3-5-16(21)6-4-15/h3-6,9-12,17H,2,7-8H2,1H3/t12-,17-,20+/m0/s1. The Morgan fingerprint density at radius 1 is 1.16 bits per heavy atom. The summed E-state index contributed by atoms with van der Waals surface area (Å²) >= 11 is 0. The molecule has 0 amide bonds. The summed E-state index contributed by atoms with van der Waals surface area (Å²) in [5.74, 6) is 1.34. The van der Waals surface area contributed by atoms with Crippen molar-refractivity contribution in [3.05, 3.63) is 76.9 Å². The van der Waals surface area contributed by atoms with Gasteiger partial charge in [0.1, 0.15) is 17.9 Å². The van der Waals surface area contributed by atoms with Crippen LogP contribution in [0.4, 0.5) is 4.39 Å². The number of hydrogen-bond donors (Lipinski definition) is 0. The average molecular weight is 335 g/mol. The first-order valence-corrected chi connectivity index (χ1v) is 8.69. The molecule has 3 atom stereocenters. The van der Waals surface area contributed by atoms with Crippen LogP contribution in [0.2, 0.25) is 0 Å². The van der Waals surface area contributed by atoms with Crippen LogP contribution in [0.5, 0.6) is 0 Å². The molecule has 0 bridgehead atoms. The maximum Gasteiger partial charge on any atom is 0.143 e. The topological polar surface area (TPSA) is 51.8 Å². The van der Waals surface area contributed by atoms with Crippen molar-refractivity contribution in [3.8, 4) is 0 Å². The van der Waals surface area contributed by atoms with E-state index in [-0.39, 0.29) is 17.2 Å². The Kier molecular flexibility index (Phi) is 3.08. The highest BCUT2D eigenvalue weighted by Crippen LogP contribution is 2.56. The summed E-state index contributed by atoms with van der Waals surface area (Å²) in [5, 5.41) is 4.04. The van der Waals surface area contributed by atoms with Crippen LogP contribution in [0.3, 0.4) is 0 Å². The molecule has 5 heteroatoms. The number of fused-ring (bicyclic) bond motifs is 4. The Hall–Kier alpha value is -2.56. The predicted molar refractivity (Wildman–Crippen MR) is 89.6 cm³/mol. The molecule has 25 heavy (non-hydrogen) atoms. The fourth-order valence-electron chi connectivity index (χ4n) is 5.03. The molecular formula is C20H18FN3O. The quantitative estimate of drug-likeness (QED) is 0.678. The minimum absolute atomic E-state index is 0.218. The van der Waals surface area contributed by atoms with Crippen LogP contribution in [0, 0.1) is 11.7 Å². The molecule has 0 spiro atoms. The van der Waals surface area contributed by atoms with E-state index in [0.29, 0.717) is 5.92 Å². The van der Waals surface area contributed by atoms with Crippen molar-refractivity contribution in [1.82, 2.24) is 15.1 Å². The van der Waals surface area contributed by atoms with Gasteiger partial charge in [-0.2, -0.15) is 0 Å². The monoisotopic (exact) mass is 335 g/mol. The van der Waals surface area contributed by atoms with Crippen LogP contribution in [-0.4, -0.2) is 15.1 Å². The summed E-state index contributed by atoms with van der Waals surface area (Å²) in [4.78, 5) is 8.94. The van der Waals surface area contributed by atoms with Gasteiger partial charge in [-0.25, -0.2) is 14.4 Å². The number of aromatic nitrogens is 3. The van der Waals surface area contributed by atoms with E-state index in [9.17, 15) is 4.39 Å². The van der Waals surface area contributed by atoms with E-state index in [2.05, 4.69) is 17.1 Å². The van der Waals surface area contributed by atoms with Crippen LogP contribution in [-0.2, 0) is 18.3 Å². The summed E-state index contributed by atoms with van der Waals surface area (Å²) in [6, 6.07) is 6.91. The van der Waals surface area contributed by atoms with E-state index >= 15 is 0 Å². The minimum atomic E-state index is -0.289. The molecule has 1 aromatic carbocycles. The van der Waals surface area contributed by atoms with Crippen molar-refractivity contribution in [2.75, 3.05) is 0 Å². The van der Waals surface area contributed by atoms with Crippen LogP contribution < -0.4 is 0 Å². The maximum atomic E-state index is 13.6. The van der Waals surface area contributed by atoms with E-state index in [0.717, 1.165) is 41.8 Å². The molecule has 126 valence electrons. The van der Waals surface area contributed by atoms with Gasteiger partial charge in [0.05, 0.1) is 11.9 Å². The van der Waals surface area contributed by atoms with E-state index < -0.39 is 0 Å². The zero-order valence-corrected chi connectivity index (χ0v) is 13.9. The van der Waals surface area contributed by atoms with Gasteiger partial charge in [0.15, 0.2) is 0 Å². The van der Waals surface area contributed by atoms with Crippen molar-refractivity contribution in [1.29, 1.82) is 0 Å². The Bertz CT molecular complexity index is 936. The highest BCUT2D eigenvalue weighted by atomic mass is 19.1. The lowest BCUT2D eigenvalue weighted by Gasteiger charge is -2.49. The second kappa shape index (κ2) is 5.22. The Morgan fingerprint density at radius 3 is 2.84 bits per heavy atom. The molecule has 3 aromatic rings. The summed E-state index contributed by atoms with van der Waals surface area (Å²) in [6.07, 6.45) is 8.13. The van der Waals surface area contributed by atoms with Crippen LogP contribution >= 0.6 is 0 Å². The van der Waals surface area contributed by atoms with Gasteiger partial charge in [0, 0.05) is 23.1 Å². The molecule has 0 fully saturated rings. The molecular weight excluding hydrogens is 317 g/mol. The smallest absolute Gasteiger partial charge is 0.143 e. The van der Waals surface area contributed by atoms with Gasteiger partial charge in [-0.1, -0.05) is 24.2 Å². The molecule has 2 aliphatic carbocycles. The van der Waals surface area contributed by atoms with E-state index in [1.165, 1.54) is 5.56 Å². The lowest BCUT2D eigenvalue weighted by Crippen LogP contribution is -2.48. The van der Waals surface area contributed by atoms with Gasteiger partial charge in [0.25, 0.3) is 0 Å². The largest absolute Gasteiger partial charge is 0.361 e. The number of aryl methyl sites for hydroxylation is 1. The molecule has 4 nitrogen and oxygen atoms in total. The summed E-state index contributed by atoms with van der Waals surface area (Å²) < 4.78 is 19.1. The number of benzene rings is 1. The second-order valence-corrected chi connectivity index (χ2v) is 7.20. The average Bonchev–Trinajstić information content (AvgIpc) is 3.11. The Balaban J connectivity index is 1.81. The third kappa shape index (κ3) is 1.95. The lowest BCUT2D eigenvalue weighted by molar-refractivity contribution is 0.188. The van der Waals surface area contributed by atoms with Crippen molar-refractivity contribution in [2.45, 2.75) is 37.5 Å². The molecule has 2 aromatic heterocycles. The number of rotatable bonds is 1. The summed E-state index contributed by atoms with van der Waals surface area (Å²) in [5.41, 5.74) is 4.21. The SMILES string of the molecule is C[C@@H]1c2oncc2C[C@]2(c3ccc(F)cc3)c3ncncc3CC[C@@H]12. The zero-order valence-electron chi connectivity index (χ0n) is 13.9. The first-order chi connectivity index (χ1) is 12.2. The summed E-state index contributed by atoms with van der Waals surface area (Å²) in [6.45, 7) is 2.21. The Labute approximate surface area is 145 Å². The summed E-state index contributed by atoms with van der Waals surface area (Å²) in [7, 11) is 0. The molecule has 2 heterocycles. The number of hydrogen-bond acceptors (Lipinski definition) is 4. The van der Waals surface area contributed by atoms with Crippen molar-refractivity contribution in [3.63, 3.8) is 0 Å². The molecule has 0 radical (unpaired) electrons. The van der Waals surface area contributed by atoms with Crippen molar-refractivity contribution >= 4 is 0 Å². The van der Waals surface area contributed by atoms with Crippen molar-refractivity contribution < 1.29 is 8.91 Å². The number of halogens is 1. The van der Waals surface area contributed by atoms with Gasteiger partial charge in [-0.05, 0) is 48.4 Å². The second-order valence-electron chi connectivity index (χ2n) is 7.20. The maximum absolute atomic E-state index is 13.6. The van der Waals surface area contributed by atoms with Crippen LogP contribution in [0.15, 0.2) is 47.5 Å².